The summed E-state index contributed by atoms with van der Waals surface area (Å²) < 4.78 is 16.5. The standard InChI is InChI=1S/C17H17ClN2O2S/c1-22-17-6-3-12(7-13(17)9-19)10-20-15-4-5-16(18)14(8-15)11-23(2)21/h3-8,20H,10-11H2,1-2H3/t23-/m1/s1. The van der Waals surface area contributed by atoms with Crippen LogP contribution in [0.5, 0.6) is 5.75 Å². The molecule has 6 heteroatoms. The number of hydrogen-bond donors (Lipinski definition) is 1. The molecule has 1 atom stereocenters. The molecule has 0 saturated carbocycles. The fourth-order valence-corrected chi connectivity index (χ4v) is 3.11. The Morgan fingerprint density at radius 2 is 2.09 bits per heavy atom. The van der Waals surface area contributed by atoms with Gasteiger partial charge in [-0.2, -0.15) is 5.26 Å². The minimum absolute atomic E-state index is 0.426. The predicted molar refractivity (Wildman–Crippen MR) is 94.3 cm³/mol. The Morgan fingerprint density at radius 3 is 2.74 bits per heavy atom. The fraction of sp³-hybridized carbons (Fsp3) is 0.235. The van der Waals surface area contributed by atoms with Crippen molar-refractivity contribution in [3.8, 4) is 11.8 Å². The van der Waals surface area contributed by atoms with E-state index in [1.54, 1.807) is 31.6 Å². The van der Waals surface area contributed by atoms with Gasteiger partial charge in [0.25, 0.3) is 0 Å². The zero-order valence-electron chi connectivity index (χ0n) is 12.9. The van der Waals surface area contributed by atoms with Gasteiger partial charge in [0.2, 0.25) is 0 Å². The zero-order chi connectivity index (χ0) is 16.8. The summed E-state index contributed by atoms with van der Waals surface area (Å²) in [4.78, 5) is 0. The SMILES string of the molecule is COc1ccc(CNc2ccc(Cl)c(C[S@@](C)=O)c2)cc1C#N. The molecule has 0 spiro atoms. The second kappa shape index (κ2) is 8.00. The first-order valence-corrected chi connectivity index (χ1v) is 9.03. The molecule has 0 amide bonds. The van der Waals surface area contributed by atoms with Gasteiger partial charge in [-0.25, -0.2) is 0 Å². The average Bonchev–Trinajstić information content (AvgIpc) is 2.54. The Bertz CT molecular complexity index is 772. The maximum atomic E-state index is 11.4. The molecule has 2 aromatic carbocycles. The second-order valence-electron chi connectivity index (χ2n) is 5.02. The molecule has 0 unspecified atom stereocenters. The molecule has 0 fully saturated rings. The highest BCUT2D eigenvalue weighted by molar-refractivity contribution is 7.83. The molecule has 2 aromatic rings. The van der Waals surface area contributed by atoms with Crippen LogP contribution in [-0.2, 0) is 23.1 Å². The van der Waals surface area contributed by atoms with E-state index in [1.807, 2.05) is 18.2 Å². The smallest absolute Gasteiger partial charge is 0.136 e. The van der Waals surface area contributed by atoms with Crippen LogP contribution in [0.2, 0.25) is 5.02 Å². The van der Waals surface area contributed by atoms with Gasteiger partial charge in [-0.3, -0.25) is 4.21 Å². The number of rotatable bonds is 6. The molecular formula is C17H17ClN2O2S. The lowest BCUT2D eigenvalue weighted by Crippen LogP contribution is -2.02. The van der Waals surface area contributed by atoms with Gasteiger partial charge in [0.05, 0.1) is 12.7 Å². The normalized spacial score (nSPS) is 11.6. The van der Waals surface area contributed by atoms with Crippen molar-refractivity contribution in [3.63, 3.8) is 0 Å². The van der Waals surface area contributed by atoms with Crippen molar-refractivity contribution >= 4 is 28.1 Å². The Hall–Kier alpha value is -2.03. The monoisotopic (exact) mass is 348 g/mol. The molecule has 0 aliphatic rings. The number of ether oxygens (including phenoxy) is 1. The topological polar surface area (TPSA) is 62.1 Å². The maximum absolute atomic E-state index is 11.4. The highest BCUT2D eigenvalue weighted by atomic mass is 35.5. The first-order chi connectivity index (χ1) is 11.0. The first-order valence-electron chi connectivity index (χ1n) is 6.93. The molecule has 0 heterocycles. The van der Waals surface area contributed by atoms with Crippen LogP contribution in [0.4, 0.5) is 5.69 Å². The van der Waals surface area contributed by atoms with Crippen molar-refractivity contribution in [2.75, 3.05) is 18.7 Å². The van der Waals surface area contributed by atoms with Crippen molar-refractivity contribution in [2.24, 2.45) is 0 Å². The van der Waals surface area contributed by atoms with Crippen molar-refractivity contribution < 1.29 is 8.95 Å². The third kappa shape index (κ3) is 4.72. The van der Waals surface area contributed by atoms with Crippen LogP contribution in [0, 0.1) is 11.3 Å². The average molecular weight is 349 g/mol. The highest BCUT2D eigenvalue weighted by Crippen LogP contribution is 2.23. The summed E-state index contributed by atoms with van der Waals surface area (Å²) in [7, 11) is 0.597. The van der Waals surface area contributed by atoms with Crippen LogP contribution in [-0.4, -0.2) is 17.6 Å². The molecule has 4 nitrogen and oxygen atoms in total. The Morgan fingerprint density at radius 1 is 1.30 bits per heavy atom. The first kappa shape index (κ1) is 17.3. The van der Waals surface area contributed by atoms with E-state index in [9.17, 15) is 4.21 Å². The largest absolute Gasteiger partial charge is 0.495 e. The van der Waals surface area contributed by atoms with Gasteiger partial charge in [-0.05, 0) is 41.5 Å². The summed E-state index contributed by atoms with van der Waals surface area (Å²) in [5.41, 5.74) is 3.22. The van der Waals surface area contributed by atoms with E-state index in [1.165, 1.54) is 0 Å². The van der Waals surface area contributed by atoms with Gasteiger partial charge in [0, 0.05) is 40.1 Å². The summed E-state index contributed by atoms with van der Waals surface area (Å²) in [6.45, 7) is 0.564. The summed E-state index contributed by atoms with van der Waals surface area (Å²) in [5, 5.41) is 13.0. The van der Waals surface area contributed by atoms with Crippen molar-refractivity contribution in [3.05, 3.63) is 58.1 Å². The lowest BCUT2D eigenvalue weighted by Gasteiger charge is -2.11. The van der Waals surface area contributed by atoms with Crippen molar-refractivity contribution in [2.45, 2.75) is 12.3 Å². The summed E-state index contributed by atoms with van der Waals surface area (Å²) in [6.07, 6.45) is 1.65. The minimum Gasteiger partial charge on any atom is -0.495 e. The lowest BCUT2D eigenvalue weighted by atomic mass is 10.1. The quantitative estimate of drug-likeness (QED) is 0.864. The van der Waals surface area contributed by atoms with E-state index < -0.39 is 10.8 Å². The summed E-state index contributed by atoms with van der Waals surface area (Å²) in [5.74, 6) is 0.991. The number of benzene rings is 2. The summed E-state index contributed by atoms with van der Waals surface area (Å²) >= 11 is 6.12. The predicted octanol–water partition coefficient (Wildman–Crippen LogP) is 3.71. The Balaban J connectivity index is 2.12. The molecule has 0 saturated heterocycles. The van der Waals surface area contributed by atoms with Gasteiger partial charge < -0.3 is 10.1 Å². The zero-order valence-corrected chi connectivity index (χ0v) is 14.5. The summed E-state index contributed by atoms with van der Waals surface area (Å²) in [6, 6.07) is 13.2. The van der Waals surface area contributed by atoms with Crippen LogP contribution < -0.4 is 10.1 Å². The van der Waals surface area contributed by atoms with Gasteiger partial charge in [0.1, 0.15) is 11.8 Å². The molecular weight excluding hydrogens is 332 g/mol. The molecule has 0 radical (unpaired) electrons. The molecule has 1 N–H and O–H groups in total. The maximum Gasteiger partial charge on any atom is 0.136 e. The van der Waals surface area contributed by atoms with E-state index in [0.717, 1.165) is 16.8 Å². The molecule has 23 heavy (non-hydrogen) atoms. The lowest BCUT2D eigenvalue weighted by molar-refractivity contribution is 0.413. The van der Waals surface area contributed by atoms with Crippen LogP contribution in [0.15, 0.2) is 36.4 Å². The number of hydrogen-bond acceptors (Lipinski definition) is 4. The molecule has 2 rings (SSSR count). The minimum atomic E-state index is -0.945. The third-order valence-corrected chi connectivity index (χ3v) is 4.37. The Labute approximate surface area is 143 Å². The molecule has 0 aliphatic carbocycles. The third-order valence-electron chi connectivity index (χ3n) is 3.29. The number of nitrogens with zero attached hydrogens (tertiary/aromatic N) is 1. The molecule has 0 bridgehead atoms. The number of halogens is 1. The van der Waals surface area contributed by atoms with E-state index in [2.05, 4.69) is 11.4 Å². The Kier molecular flexibility index (Phi) is 6.03. The van der Waals surface area contributed by atoms with E-state index >= 15 is 0 Å². The van der Waals surface area contributed by atoms with Gasteiger partial charge in [-0.1, -0.05) is 17.7 Å². The van der Waals surface area contributed by atoms with E-state index in [0.29, 0.717) is 28.6 Å². The van der Waals surface area contributed by atoms with Gasteiger partial charge >= 0.3 is 0 Å². The van der Waals surface area contributed by atoms with Crippen LogP contribution in [0.25, 0.3) is 0 Å². The van der Waals surface area contributed by atoms with Crippen LogP contribution >= 0.6 is 11.6 Å². The number of anilines is 1. The molecule has 120 valence electrons. The number of nitrogens with one attached hydrogen (secondary N) is 1. The number of methoxy groups -OCH3 is 1. The number of nitriles is 1. The van der Waals surface area contributed by atoms with E-state index in [-0.39, 0.29) is 0 Å². The van der Waals surface area contributed by atoms with Crippen molar-refractivity contribution in [1.29, 1.82) is 5.26 Å². The molecule has 0 aromatic heterocycles. The fourth-order valence-electron chi connectivity index (χ4n) is 2.17. The van der Waals surface area contributed by atoms with Crippen LogP contribution in [0.3, 0.4) is 0 Å². The van der Waals surface area contributed by atoms with E-state index in [4.69, 9.17) is 21.6 Å². The van der Waals surface area contributed by atoms with Crippen LogP contribution in [0.1, 0.15) is 16.7 Å². The molecule has 0 aliphatic heterocycles. The van der Waals surface area contributed by atoms with Crippen molar-refractivity contribution in [1.82, 2.24) is 0 Å². The second-order valence-corrected chi connectivity index (χ2v) is 6.87. The van der Waals surface area contributed by atoms with Gasteiger partial charge in [-0.15, -0.1) is 0 Å². The van der Waals surface area contributed by atoms with Gasteiger partial charge in [0.15, 0.2) is 0 Å². The highest BCUT2D eigenvalue weighted by Gasteiger charge is 2.06.